The van der Waals surface area contributed by atoms with Crippen LogP contribution < -0.4 is 0 Å². The lowest BCUT2D eigenvalue weighted by Crippen LogP contribution is -2.15. The number of hydrogen-bond donors (Lipinski definition) is 0. The van der Waals surface area contributed by atoms with Gasteiger partial charge in [0.2, 0.25) is 0 Å². The van der Waals surface area contributed by atoms with Crippen LogP contribution in [0, 0.1) is 11.8 Å². The van der Waals surface area contributed by atoms with Crippen molar-refractivity contribution in [2.75, 3.05) is 13.2 Å². The van der Waals surface area contributed by atoms with Gasteiger partial charge in [0.15, 0.2) is 0 Å². The monoisotopic (exact) mass is 404 g/mol. The molecule has 1 unspecified atom stereocenters. The molecule has 29 heavy (non-hydrogen) atoms. The van der Waals surface area contributed by atoms with Gasteiger partial charge in [-0.1, -0.05) is 65.9 Å². The standard InChI is InChI=1S/C25H40O4/c1-5-7-8-14-21(12-6-2)19-29-25(27)23-16-11-15-22(18-23)24(26)28-17-10-9-13-20(3)4/h11,15-16,18,20-21H,5-10,12-14,17,19H2,1-4H3. The first-order chi connectivity index (χ1) is 14.0. The van der Waals surface area contributed by atoms with E-state index < -0.39 is 0 Å². The van der Waals surface area contributed by atoms with E-state index in [1.165, 1.54) is 19.3 Å². The fraction of sp³-hybridized carbons (Fsp3) is 0.680. The molecule has 164 valence electrons. The van der Waals surface area contributed by atoms with Gasteiger partial charge in [-0.15, -0.1) is 0 Å². The molecule has 1 atom stereocenters. The molecule has 0 amide bonds. The van der Waals surface area contributed by atoms with Gasteiger partial charge in [0.25, 0.3) is 0 Å². The zero-order valence-corrected chi connectivity index (χ0v) is 18.9. The molecule has 0 aliphatic carbocycles. The van der Waals surface area contributed by atoms with E-state index in [1.807, 2.05) is 0 Å². The molecule has 0 radical (unpaired) electrons. The summed E-state index contributed by atoms with van der Waals surface area (Å²) in [7, 11) is 0. The second kappa shape index (κ2) is 15.1. The van der Waals surface area contributed by atoms with Crippen LogP contribution in [0.25, 0.3) is 0 Å². The maximum atomic E-state index is 12.4. The predicted octanol–water partition coefficient (Wildman–Crippen LogP) is 6.82. The molecule has 1 rings (SSSR count). The highest BCUT2D eigenvalue weighted by molar-refractivity contribution is 5.95. The van der Waals surface area contributed by atoms with Crippen LogP contribution in [0.1, 0.15) is 106 Å². The predicted molar refractivity (Wildman–Crippen MR) is 118 cm³/mol. The Morgan fingerprint density at radius 2 is 1.48 bits per heavy atom. The van der Waals surface area contributed by atoms with Crippen molar-refractivity contribution in [2.45, 2.75) is 85.5 Å². The lowest BCUT2D eigenvalue weighted by Gasteiger charge is -2.16. The Kier molecular flexibility index (Phi) is 13.1. The average Bonchev–Trinajstić information content (AvgIpc) is 2.71. The third-order valence-corrected chi connectivity index (χ3v) is 5.11. The van der Waals surface area contributed by atoms with Crippen LogP contribution in [0.5, 0.6) is 0 Å². The summed E-state index contributed by atoms with van der Waals surface area (Å²) in [5, 5.41) is 0. The second-order valence-corrected chi connectivity index (χ2v) is 8.36. The molecule has 0 saturated carbocycles. The number of unbranched alkanes of at least 4 members (excludes halogenated alkanes) is 3. The third-order valence-electron chi connectivity index (χ3n) is 5.11. The fourth-order valence-corrected chi connectivity index (χ4v) is 3.36. The SMILES string of the molecule is CCCCCC(CCC)COC(=O)c1cccc(C(=O)OCCCCC(C)C)c1. The Morgan fingerprint density at radius 3 is 2.10 bits per heavy atom. The third kappa shape index (κ3) is 11.1. The van der Waals surface area contributed by atoms with E-state index in [9.17, 15) is 9.59 Å². The van der Waals surface area contributed by atoms with E-state index in [2.05, 4.69) is 27.7 Å². The summed E-state index contributed by atoms with van der Waals surface area (Å²) in [5.41, 5.74) is 0.805. The minimum atomic E-state index is -0.382. The van der Waals surface area contributed by atoms with Crippen LogP contribution in [-0.2, 0) is 9.47 Å². The van der Waals surface area contributed by atoms with Gasteiger partial charge in [0, 0.05) is 0 Å². The number of esters is 2. The van der Waals surface area contributed by atoms with Gasteiger partial charge in [-0.05, 0) is 55.7 Å². The Labute approximate surface area is 177 Å². The van der Waals surface area contributed by atoms with E-state index >= 15 is 0 Å². The van der Waals surface area contributed by atoms with Crippen molar-refractivity contribution in [3.8, 4) is 0 Å². The number of benzene rings is 1. The van der Waals surface area contributed by atoms with Crippen LogP contribution >= 0.6 is 0 Å². The zero-order valence-electron chi connectivity index (χ0n) is 18.9. The normalized spacial score (nSPS) is 12.0. The molecule has 0 aromatic heterocycles. The molecular weight excluding hydrogens is 364 g/mol. The van der Waals surface area contributed by atoms with E-state index in [4.69, 9.17) is 9.47 Å². The van der Waals surface area contributed by atoms with Crippen molar-refractivity contribution in [3.05, 3.63) is 35.4 Å². The highest BCUT2D eigenvalue weighted by Crippen LogP contribution is 2.17. The zero-order chi connectivity index (χ0) is 21.5. The molecule has 4 nitrogen and oxygen atoms in total. The van der Waals surface area contributed by atoms with Crippen molar-refractivity contribution >= 4 is 11.9 Å². The van der Waals surface area contributed by atoms with Crippen LogP contribution in [0.4, 0.5) is 0 Å². The fourth-order valence-electron chi connectivity index (χ4n) is 3.36. The number of carbonyl (C=O) groups excluding carboxylic acids is 2. The summed E-state index contributed by atoms with van der Waals surface area (Å²) < 4.78 is 10.9. The lowest BCUT2D eigenvalue weighted by molar-refractivity contribution is 0.0423. The van der Waals surface area contributed by atoms with E-state index in [1.54, 1.807) is 24.3 Å². The smallest absolute Gasteiger partial charge is 0.338 e. The molecule has 0 heterocycles. The van der Waals surface area contributed by atoms with Crippen LogP contribution in [0.15, 0.2) is 24.3 Å². The number of carbonyl (C=O) groups is 2. The molecule has 0 fully saturated rings. The van der Waals surface area contributed by atoms with Gasteiger partial charge < -0.3 is 9.47 Å². The number of rotatable bonds is 15. The summed E-state index contributed by atoms with van der Waals surface area (Å²) in [6.45, 7) is 9.58. The largest absolute Gasteiger partial charge is 0.462 e. The van der Waals surface area contributed by atoms with Crippen LogP contribution in [-0.4, -0.2) is 25.2 Å². The quantitative estimate of drug-likeness (QED) is 0.238. The van der Waals surface area contributed by atoms with Crippen molar-refractivity contribution in [2.24, 2.45) is 11.8 Å². The van der Waals surface area contributed by atoms with Gasteiger partial charge in [-0.3, -0.25) is 0 Å². The first kappa shape index (κ1) is 25.2. The first-order valence-corrected chi connectivity index (χ1v) is 11.4. The maximum Gasteiger partial charge on any atom is 0.338 e. The molecule has 4 heteroatoms. The Balaban J connectivity index is 2.50. The molecule has 1 aromatic rings. The first-order valence-electron chi connectivity index (χ1n) is 11.4. The average molecular weight is 405 g/mol. The van der Waals surface area contributed by atoms with Crippen molar-refractivity contribution in [1.82, 2.24) is 0 Å². The van der Waals surface area contributed by atoms with Crippen LogP contribution in [0.3, 0.4) is 0 Å². The van der Waals surface area contributed by atoms with E-state index in [0.29, 0.717) is 36.2 Å². The molecule has 0 N–H and O–H groups in total. The minimum Gasteiger partial charge on any atom is -0.462 e. The van der Waals surface area contributed by atoms with Crippen LogP contribution in [0.2, 0.25) is 0 Å². The van der Waals surface area contributed by atoms with Crippen molar-refractivity contribution in [3.63, 3.8) is 0 Å². The molecule has 0 aliphatic rings. The summed E-state index contributed by atoms with van der Waals surface area (Å²) in [6.07, 6.45) is 9.89. The van der Waals surface area contributed by atoms with Gasteiger partial charge >= 0.3 is 11.9 Å². The van der Waals surface area contributed by atoms with Gasteiger partial charge in [-0.2, -0.15) is 0 Å². The van der Waals surface area contributed by atoms with E-state index in [0.717, 1.165) is 38.5 Å². The van der Waals surface area contributed by atoms with Gasteiger partial charge in [-0.25, -0.2) is 9.59 Å². The molecule has 0 aliphatic heterocycles. The highest BCUT2D eigenvalue weighted by atomic mass is 16.5. The summed E-state index contributed by atoms with van der Waals surface area (Å²) in [5.74, 6) is 0.326. The number of ether oxygens (including phenoxy) is 2. The molecule has 0 spiro atoms. The molecular formula is C25H40O4. The summed E-state index contributed by atoms with van der Waals surface area (Å²) >= 11 is 0. The topological polar surface area (TPSA) is 52.6 Å². The van der Waals surface area contributed by atoms with E-state index in [-0.39, 0.29) is 11.9 Å². The van der Waals surface area contributed by atoms with Crippen molar-refractivity contribution < 1.29 is 19.1 Å². The maximum absolute atomic E-state index is 12.4. The summed E-state index contributed by atoms with van der Waals surface area (Å²) in [6, 6.07) is 6.65. The highest BCUT2D eigenvalue weighted by Gasteiger charge is 2.15. The lowest BCUT2D eigenvalue weighted by atomic mass is 9.97. The Hall–Kier alpha value is -1.84. The van der Waals surface area contributed by atoms with Gasteiger partial charge in [0.05, 0.1) is 24.3 Å². The summed E-state index contributed by atoms with van der Waals surface area (Å²) in [4.78, 5) is 24.7. The van der Waals surface area contributed by atoms with Crippen molar-refractivity contribution in [1.29, 1.82) is 0 Å². The Bertz CT molecular complexity index is 594. The van der Waals surface area contributed by atoms with Gasteiger partial charge in [0.1, 0.15) is 0 Å². The number of hydrogen-bond acceptors (Lipinski definition) is 4. The Morgan fingerprint density at radius 1 is 0.828 bits per heavy atom. The minimum absolute atomic E-state index is 0.367. The molecule has 0 bridgehead atoms. The molecule has 0 saturated heterocycles. The molecule has 1 aromatic carbocycles. The second-order valence-electron chi connectivity index (χ2n) is 8.36.